The van der Waals surface area contributed by atoms with Gasteiger partial charge in [0, 0.05) is 5.75 Å². The largest absolute Gasteiger partial charge is 0.126 e. The molecule has 0 aliphatic carbocycles. The molecule has 62 valence electrons. The van der Waals surface area contributed by atoms with Crippen molar-refractivity contribution >= 4 is 17.8 Å². The smallest absolute Gasteiger partial charge is 0.0234 e. The quantitative estimate of drug-likeness (QED) is 0.582. The van der Waals surface area contributed by atoms with Crippen molar-refractivity contribution in [2.75, 3.05) is 0 Å². The van der Waals surface area contributed by atoms with Crippen LogP contribution in [0.1, 0.15) is 23.6 Å². The third-order valence-electron chi connectivity index (χ3n) is 2.22. The predicted octanol–water partition coefficient (Wildman–Crippen LogP) is 3.60. The number of hydrogen-bond donors (Lipinski definition) is 0. The molecule has 1 heterocycles. The highest BCUT2D eigenvalue weighted by Crippen LogP contribution is 2.32. The molecule has 0 aromatic heterocycles. The van der Waals surface area contributed by atoms with Crippen LogP contribution < -0.4 is 0 Å². The summed E-state index contributed by atoms with van der Waals surface area (Å²) < 4.78 is 0. The van der Waals surface area contributed by atoms with Gasteiger partial charge in [-0.05, 0) is 41.5 Å². The van der Waals surface area contributed by atoms with Gasteiger partial charge in [0.2, 0.25) is 0 Å². The van der Waals surface area contributed by atoms with Gasteiger partial charge in [0.1, 0.15) is 0 Å². The molecule has 0 N–H and O–H groups in total. The lowest BCUT2D eigenvalue weighted by molar-refractivity contribution is 1.31. The van der Waals surface area contributed by atoms with E-state index in [0.29, 0.717) is 0 Å². The molecule has 1 aliphatic heterocycles. The molecule has 0 amide bonds. The van der Waals surface area contributed by atoms with Gasteiger partial charge in [-0.2, -0.15) is 0 Å². The molecule has 0 bridgehead atoms. The Kier molecular flexibility index (Phi) is 1.97. The summed E-state index contributed by atoms with van der Waals surface area (Å²) in [4.78, 5) is 1.43. The van der Waals surface area contributed by atoms with E-state index in [-0.39, 0.29) is 0 Å². The van der Waals surface area contributed by atoms with Crippen molar-refractivity contribution in [3.05, 3.63) is 39.8 Å². The molecule has 12 heavy (non-hydrogen) atoms. The first-order chi connectivity index (χ1) is 5.77. The van der Waals surface area contributed by atoms with Crippen LogP contribution in [-0.2, 0) is 5.75 Å². The normalized spacial score (nSPS) is 15.3. The van der Waals surface area contributed by atoms with E-state index < -0.39 is 0 Å². The second kappa shape index (κ2) is 2.98. The van der Waals surface area contributed by atoms with Crippen LogP contribution in [0.2, 0.25) is 0 Å². The van der Waals surface area contributed by atoms with Crippen molar-refractivity contribution in [1.29, 1.82) is 0 Å². The highest BCUT2D eigenvalue weighted by molar-refractivity contribution is 8.02. The molecule has 0 unspecified atom stereocenters. The van der Waals surface area contributed by atoms with Gasteiger partial charge in [-0.15, -0.1) is 11.8 Å². The fraction of sp³-hybridized carbons (Fsp3) is 0.273. The maximum Gasteiger partial charge on any atom is 0.0234 e. The maximum atomic E-state index is 2.29. The molecule has 0 saturated heterocycles. The van der Waals surface area contributed by atoms with E-state index in [9.17, 15) is 0 Å². The van der Waals surface area contributed by atoms with Crippen molar-refractivity contribution in [3.8, 4) is 0 Å². The van der Waals surface area contributed by atoms with Gasteiger partial charge in [-0.25, -0.2) is 0 Å². The molecule has 0 fully saturated rings. The third kappa shape index (κ3) is 1.29. The standard InChI is InChI=1S/C11H12S/c1-8-4-3-5-10-7-12-9(2)6-11(8)10/h3-6H,7H2,1-2H3. The van der Waals surface area contributed by atoms with Crippen LogP contribution in [0.25, 0.3) is 6.08 Å². The van der Waals surface area contributed by atoms with Crippen LogP contribution in [-0.4, -0.2) is 0 Å². The maximum absolute atomic E-state index is 2.29. The van der Waals surface area contributed by atoms with Gasteiger partial charge in [0.15, 0.2) is 0 Å². The highest BCUT2D eigenvalue weighted by Gasteiger charge is 2.08. The molecular formula is C11H12S. The summed E-state index contributed by atoms with van der Waals surface area (Å²) in [6.45, 7) is 4.36. The Labute approximate surface area is 77.7 Å². The van der Waals surface area contributed by atoms with Crippen molar-refractivity contribution in [3.63, 3.8) is 0 Å². The Morgan fingerprint density at radius 3 is 2.92 bits per heavy atom. The second-order valence-corrected chi connectivity index (χ2v) is 4.41. The molecule has 1 aromatic carbocycles. The van der Waals surface area contributed by atoms with Crippen molar-refractivity contribution in [1.82, 2.24) is 0 Å². The van der Waals surface area contributed by atoms with Crippen LogP contribution >= 0.6 is 11.8 Å². The van der Waals surface area contributed by atoms with Gasteiger partial charge >= 0.3 is 0 Å². The molecular weight excluding hydrogens is 164 g/mol. The van der Waals surface area contributed by atoms with Crippen LogP contribution in [0.15, 0.2) is 23.1 Å². The number of fused-ring (bicyclic) bond motifs is 1. The van der Waals surface area contributed by atoms with Crippen molar-refractivity contribution in [2.45, 2.75) is 19.6 Å². The minimum absolute atomic E-state index is 1.14. The van der Waals surface area contributed by atoms with Gasteiger partial charge in [-0.3, -0.25) is 0 Å². The second-order valence-electron chi connectivity index (χ2n) is 3.19. The van der Waals surface area contributed by atoms with Crippen LogP contribution in [0, 0.1) is 6.92 Å². The minimum atomic E-state index is 1.14. The zero-order chi connectivity index (χ0) is 8.55. The number of benzene rings is 1. The summed E-state index contributed by atoms with van der Waals surface area (Å²) in [5.41, 5.74) is 4.31. The summed E-state index contributed by atoms with van der Waals surface area (Å²) in [5, 5.41) is 0. The first-order valence-electron chi connectivity index (χ1n) is 4.17. The number of aryl methyl sites for hydroxylation is 1. The molecule has 0 saturated carbocycles. The number of rotatable bonds is 0. The zero-order valence-electron chi connectivity index (χ0n) is 7.42. The Balaban J connectivity index is 2.59. The van der Waals surface area contributed by atoms with Gasteiger partial charge in [-0.1, -0.05) is 18.2 Å². The Hall–Kier alpha value is -0.690. The Morgan fingerprint density at radius 2 is 2.08 bits per heavy atom. The van der Waals surface area contributed by atoms with E-state index in [1.165, 1.54) is 21.6 Å². The molecule has 0 spiro atoms. The minimum Gasteiger partial charge on any atom is -0.126 e. The highest BCUT2D eigenvalue weighted by atomic mass is 32.2. The van der Waals surface area contributed by atoms with E-state index >= 15 is 0 Å². The SMILES string of the molecule is CC1=Cc2c(C)cccc2CS1. The molecule has 2 rings (SSSR count). The molecule has 1 aromatic rings. The van der Waals surface area contributed by atoms with Gasteiger partial charge in [0.05, 0.1) is 0 Å². The number of allylic oxidation sites excluding steroid dienone is 1. The molecule has 1 heteroatoms. The summed E-state index contributed by atoms with van der Waals surface area (Å²) >= 11 is 1.93. The molecule has 1 aliphatic rings. The van der Waals surface area contributed by atoms with Gasteiger partial charge in [0.25, 0.3) is 0 Å². The average Bonchev–Trinajstić information content (AvgIpc) is 2.07. The Bertz CT molecular complexity index is 337. The van der Waals surface area contributed by atoms with Crippen molar-refractivity contribution in [2.24, 2.45) is 0 Å². The van der Waals surface area contributed by atoms with E-state index in [0.717, 1.165) is 5.75 Å². The fourth-order valence-corrected chi connectivity index (χ4v) is 2.35. The average molecular weight is 176 g/mol. The summed E-state index contributed by atoms with van der Waals surface area (Å²) in [5.74, 6) is 1.14. The van der Waals surface area contributed by atoms with E-state index in [1.807, 2.05) is 11.8 Å². The monoisotopic (exact) mass is 176 g/mol. The molecule has 0 nitrogen and oxygen atoms in total. The van der Waals surface area contributed by atoms with Crippen LogP contribution in [0.4, 0.5) is 0 Å². The fourth-order valence-electron chi connectivity index (χ4n) is 1.51. The topological polar surface area (TPSA) is 0 Å². The lowest BCUT2D eigenvalue weighted by atomic mass is 10.0. The van der Waals surface area contributed by atoms with E-state index in [1.54, 1.807) is 0 Å². The molecule has 0 radical (unpaired) electrons. The lowest BCUT2D eigenvalue weighted by Gasteiger charge is -2.15. The molecule has 0 atom stereocenters. The first kappa shape index (κ1) is 7.93. The predicted molar refractivity (Wildman–Crippen MR) is 56.1 cm³/mol. The summed E-state index contributed by atoms with van der Waals surface area (Å²) in [6, 6.07) is 6.54. The van der Waals surface area contributed by atoms with E-state index in [4.69, 9.17) is 0 Å². The summed E-state index contributed by atoms with van der Waals surface area (Å²) in [6.07, 6.45) is 2.29. The van der Waals surface area contributed by atoms with Crippen molar-refractivity contribution < 1.29 is 0 Å². The lowest BCUT2D eigenvalue weighted by Crippen LogP contribution is -1.94. The first-order valence-corrected chi connectivity index (χ1v) is 5.15. The van der Waals surface area contributed by atoms with E-state index in [2.05, 4.69) is 38.1 Å². The number of hydrogen-bond acceptors (Lipinski definition) is 1. The van der Waals surface area contributed by atoms with Crippen LogP contribution in [0.5, 0.6) is 0 Å². The van der Waals surface area contributed by atoms with Crippen LogP contribution in [0.3, 0.4) is 0 Å². The summed E-state index contributed by atoms with van der Waals surface area (Å²) in [7, 11) is 0. The third-order valence-corrected chi connectivity index (χ3v) is 3.25. The van der Waals surface area contributed by atoms with Gasteiger partial charge < -0.3 is 0 Å². The number of thioether (sulfide) groups is 1. The zero-order valence-corrected chi connectivity index (χ0v) is 8.24. The Morgan fingerprint density at radius 1 is 1.25 bits per heavy atom.